The van der Waals surface area contributed by atoms with E-state index in [0.717, 1.165) is 6.04 Å². The van der Waals surface area contributed by atoms with Gasteiger partial charge in [0.15, 0.2) is 0 Å². The summed E-state index contributed by atoms with van der Waals surface area (Å²) in [6.07, 6.45) is 1.39. The van der Waals surface area contributed by atoms with Gasteiger partial charge in [0.1, 0.15) is 0 Å². The molecule has 2 saturated heterocycles. The maximum Gasteiger partial charge on any atom is 0.0241 e. The van der Waals surface area contributed by atoms with Crippen molar-refractivity contribution in [2.75, 3.05) is 26.2 Å². The van der Waals surface area contributed by atoms with Gasteiger partial charge in [0, 0.05) is 31.2 Å². The van der Waals surface area contributed by atoms with E-state index in [-0.39, 0.29) is 0 Å². The lowest BCUT2D eigenvalue weighted by Crippen LogP contribution is -2.54. The molecule has 2 nitrogen and oxygen atoms in total. The third kappa shape index (κ3) is 1.38. The van der Waals surface area contributed by atoms with Gasteiger partial charge in [-0.05, 0) is 33.7 Å². The monoisotopic (exact) mass is 168 g/mol. The van der Waals surface area contributed by atoms with Gasteiger partial charge in [-0.15, -0.1) is 0 Å². The smallest absolute Gasteiger partial charge is 0.0241 e. The summed E-state index contributed by atoms with van der Waals surface area (Å²) in [5, 5.41) is 0. The number of fused-ring (bicyclic) bond motifs is 2. The Bertz CT molecular complexity index is 171. The average molecular weight is 168 g/mol. The summed E-state index contributed by atoms with van der Waals surface area (Å²) in [5.74, 6) is 0. The van der Waals surface area contributed by atoms with E-state index >= 15 is 0 Å². The minimum atomic E-state index is 0.376. The number of hydrogen-bond acceptors (Lipinski definition) is 2. The Balaban J connectivity index is 2.07. The molecular weight excluding hydrogens is 148 g/mol. The second-order valence-electron chi connectivity index (χ2n) is 5.11. The SMILES string of the molecule is CC(C)(C)N1CCN2CC[C@@H]1C2. The average Bonchev–Trinajstić information content (AvgIpc) is 2.30. The molecule has 0 aromatic heterocycles. The zero-order valence-corrected chi connectivity index (χ0v) is 8.51. The van der Waals surface area contributed by atoms with E-state index < -0.39 is 0 Å². The summed E-state index contributed by atoms with van der Waals surface area (Å²) in [5.41, 5.74) is 0.376. The molecule has 2 aliphatic heterocycles. The molecule has 70 valence electrons. The van der Waals surface area contributed by atoms with Crippen LogP contribution in [0.2, 0.25) is 0 Å². The molecule has 2 aliphatic rings. The van der Waals surface area contributed by atoms with Gasteiger partial charge in [0.2, 0.25) is 0 Å². The van der Waals surface area contributed by atoms with E-state index in [9.17, 15) is 0 Å². The third-order valence-corrected chi connectivity index (χ3v) is 3.21. The largest absolute Gasteiger partial charge is 0.300 e. The van der Waals surface area contributed by atoms with Crippen LogP contribution in [0, 0.1) is 0 Å². The Morgan fingerprint density at radius 3 is 2.50 bits per heavy atom. The van der Waals surface area contributed by atoms with E-state index in [1.807, 2.05) is 0 Å². The summed E-state index contributed by atoms with van der Waals surface area (Å²) < 4.78 is 0. The number of hydrogen-bond donors (Lipinski definition) is 0. The summed E-state index contributed by atoms with van der Waals surface area (Å²) in [6.45, 7) is 12.2. The number of piperazine rings is 1. The number of rotatable bonds is 0. The van der Waals surface area contributed by atoms with Crippen LogP contribution in [-0.2, 0) is 0 Å². The first kappa shape index (κ1) is 8.52. The first-order chi connectivity index (χ1) is 5.57. The van der Waals surface area contributed by atoms with Crippen LogP contribution < -0.4 is 0 Å². The highest BCUT2D eigenvalue weighted by atomic mass is 15.3. The minimum absolute atomic E-state index is 0.376. The van der Waals surface area contributed by atoms with Gasteiger partial charge >= 0.3 is 0 Å². The number of nitrogens with zero attached hydrogens (tertiary/aromatic N) is 2. The molecule has 2 bridgehead atoms. The topological polar surface area (TPSA) is 6.48 Å². The van der Waals surface area contributed by atoms with Crippen molar-refractivity contribution in [3.63, 3.8) is 0 Å². The quantitative estimate of drug-likeness (QED) is 0.536. The molecular formula is C10H20N2. The van der Waals surface area contributed by atoms with Crippen LogP contribution in [0.25, 0.3) is 0 Å². The van der Waals surface area contributed by atoms with Crippen molar-refractivity contribution in [3.8, 4) is 0 Å². The standard InChI is InChI=1S/C10H20N2/c1-10(2,3)12-7-6-11-5-4-9(12)8-11/h9H,4-8H2,1-3H3/t9-/m1/s1. The summed E-state index contributed by atoms with van der Waals surface area (Å²) in [6, 6.07) is 0.846. The van der Waals surface area contributed by atoms with E-state index in [1.54, 1.807) is 0 Å². The zero-order valence-electron chi connectivity index (χ0n) is 8.51. The summed E-state index contributed by atoms with van der Waals surface area (Å²) >= 11 is 0. The van der Waals surface area contributed by atoms with Crippen molar-refractivity contribution in [2.45, 2.75) is 38.8 Å². The molecule has 0 amide bonds. The molecule has 0 saturated carbocycles. The van der Waals surface area contributed by atoms with Gasteiger partial charge in [0.25, 0.3) is 0 Å². The van der Waals surface area contributed by atoms with Crippen LogP contribution in [0.15, 0.2) is 0 Å². The lowest BCUT2D eigenvalue weighted by Gasteiger charge is -2.43. The van der Waals surface area contributed by atoms with Gasteiger partial charge < -0.3 is 4.90 Å². The highest BCUT2D eigenvalue weighted by molar-refractivity contribution is 4.93. The molecule has 2 rings (SSSR count). The van der Waals surface area contributed by atoms with Crippen molar-refractivity contribution < 1.29 is 0 Å². The van der Waals surface area contributed by atoms with Crippen molar-refractivity contribution in [1.82, 2.24) is 9.80 Å². The van der Waals surface area contributed by atoms with Gasteiger partial charge in [0.05, 0.1) is 0 Å². The normalized spacial score (nSPS) is 37.2. The third-order valence-electron chi connectivity index (χ3n) is 3.21. The predicted molar refractivity (Wildman–Crippen MR) is 51.3 cm³/mol. The van der Waals surface area contributed by atoms with Crippen LogP contribution in [-0.4, -0.2) is 47.6 Å². The Kier molecular flexibility index (Phi) is 1.92. The maximum atomic E-state index is 2.68. The molecule has 0 spiro atoms. The molecule has 2 fully saturated rings. The molecule has 2 atom stereocenters. The minimum Gasteiger partial charge on any atom is -0.300 e. The fraction of sp³-hybridized carbons (Fsp3) is 1.00. The van der Waals surface area contributed by atoms with E-state index in [2.05, 4.69) is 30.6 Å². The molecule has 0 N–H and O–H groups in total. The Morgan fingerprint density at radius 1 is 1.08 bits per heavy atom. The van der Waals surface area contributed by atoms with Crippen molar-refractivity contribution in [2.24, 2.45) is 0 Å². The van der Waals surface area contributed by atoms with Gasteiger partial charge in [-0.25, -0.2) is 0 Å². The Hall–Kier alpha value is -0.0800. The first-order valence-electron chi connectivity index (χ1n) is 5.06. The second kappa shape index (κ2) is 2.71. The lowest BCUT2D eigenvalue weighted by atomic mass is 10.0. The molecule has 2 heteroatoms. The van der Waals surface area contributed by atoms with Crippen LogP contribution in [0.1, 0.15) is 27.2 Å². The predicted octanol–water partition coefficient (Wildman–Crippen LogP) is 1.17. The summed E-state index contributed by atoms with van der Waals surface area (Å²) in [4.78, 5) is 5.27. The Labute approximate surface area is 75.5 Å². The molecule has 1 unspecified atom stereocenters. The van der Waals surface area contributed by atoms with Crippen LogP contribution in [0.4, 0.5) is 0 Å². The fourth-order valence-electron chi connectivity index (χ4n) is 2.58. The highest BCUT2D eigenvalue weighted by Gasteiger charge is 2.37. The molecule has 0 radical (unpaired) electrons. The van der Waals surface area contributed by atoms with Gasteiger partial charge in [-0.1, -0.05) is 0 Å². The van der Waals surface area contributed by atoms with Crippen molar-refractivity contribution in [1.29, 1.82) is 0 Å². The van der Waals surface area contributed by atoms with Gasteiger partial charge in [-0.3, -0.25) is 4.90 Å². The van der Waals surface area contributed by atoms with Gasteiger partial charge in [-0.2, -0.15) is 0 Å². The second-order valence-corrected chi connectivity index (χ2v) is 5.11. The van der Waals surface area contributed by atoms with Crippen LogP contribution in [0.5, 0.6) is 0 Å². The zero-order chi connectivity index (χ0) is 8.77. The van der Waals surface area contributed by atoms with E-state index in [0.29, 0.717) is 5.54 Å². The van der Waals surface area contributed by atoms with Crippen LogP contribution >= 0.6 is 0 Å². The summed E-state index contributed by atoms with van der Waals surface area (Å²) in [7, 11) is 0. The maximum absolute atomic E-state index is 2.68. The van der Waals surface area contributed by atoms with E-state index in [4.69, 9.17) is 0 Å². The van der Waals surface area contributed by atoms with E-state index in [1.165, 1.54) is 32.6 Å². The molecule has 2 heterocycles. The molecule has 0 aromatic carbocycles. The Morgan fingerprint density at radius 2 is 1.83 bits per heavy atom. The van der Waals surface area contributed by atoms with Crippen LogP contribution in [0.3, 0.4) is 0 Å². The molecule has 12 heavy (non-hydrogen) atoms. The lowest BCUT2D eigenvalue weighted by molar-refractivity contribution is 0.0508. The fourth-order valence-corrected chi connectivity index (χ4v) is 2.58. The molecule has 0 aliphatic carbocycles. The van der Waals surface area contributed by atoms with Crippen molar-refractivity contribution in [3.05, 3.63) is 0 Å². The first-order valence-corrected chi connectivity index (χ1v) is 5.06. The van der Waals surface area contributed by atoms with Crippen molar-refractivity contribution >= 4 is 0 Å². The molecule has 0 aromatic rings. The highest BCUT2D eigenvalue weighted by Crippen LogP contribution is 2.27.